The summed E-state index contributed by atoms with van der Waals surface area (Å²) in [5.74, 6) is 1.85. The van der Waals surface area contributed by atoms with Gasteiger partial charge in [-0.1, -0.05) is 64.5 Å². The van der Waals surface area contributed by atoms with Crippen molar-refractivity contribution < 1.29 is 19.4 Å². The minimum Gasteiger partial charge on any atom is -0.466 e. The van der Waals surface area contributed by atoms with E-state index in [1.165, 1.54) is 0 Å². The van der Waals surface area contributed by atoms with Crippen molar-refractivity contribution >= 4 is 23.6 Å². The van der Waals surface area contributed by atoms with Gasteiger partial charge in [0.15, 0.2) is 0 Å². The fourth-order valence-electron chi connectivity index (χ4n) is 4.01. The molecule has 0 spiro atoms. The quantitative estimate of drug-likeness (QED) is 0.168. The molecule has 0 aromatic carbocycles. The zero-order valence-corrected chi connectivity index (χ0v) is 20.9. The molecular formula is C25H45NO4S. The van der Waals surface area contributed by atoms with E-state index in [-0.39, 0.29) is 17.9 Å². The molecule has 6 heteroatoms. The highest BCUT2D eigenvalue weighted by Crippen LogP contribution is 2.27. The lowest BCUT2D eigenvalue weighted by Crippen LogP contribution is -2.34. The number of esters is 1. The summed E-state index contributed by atoms with van der Waals surface area (Å²) < 4.78 is 4.94. The number of hydrogen-bond donors (Lipinski definition) is 1. The van der Waals surface area contributed by atoms with E-state index in [2.05, 4.69) is 19.9 Å². The average Bonchev–Trinajstić information content (AvgIpc) is 3.09. The molecule has 0 radical (unpaired) electrons. The maximum absolute atomic E-state index is 12.4. The molecular weight excluding hydrogens is 410 g/mol. The van der Waals surface area contributed by atoms with Crippen LogP contribution in [0.25, 0.3) is 0 Å². The Morgan fingerprint density at radius 3 is 2.42 bits per heavy atom. The number of nitrogens with zero attached hydrogens (tertiary/aromatic N) is 1. The first-order chi connectivity index (χ1) is 15.0. The first-order valence-electron chi connectivity index (χ1n) is 12.4. The standard InChI is InChI=1S/C25H45NO4S/c1-4-7-9-16-25(29,17-10-8-5-2)18-15-22-13-14-23(27)26(22)19-21-31-20-11-12-24(28)30-6-3/h15,18,22,29H,4-14,16-17,19-21H2,1-3H3/t22-/m1/s1. The molecule has 180 valence electrons. The monoisotopic (exact) mass is 455 g/mol. The zero-order chi connectivity index (χ0) is 23.0. The van der Waals surface area contributed by atoms with Crippen LogP contribution in [0.2, 0.25) is 0 Å². The molecule has 0 aromatic heterocycles. The molecule has 1 N–H and O–H groups in total. The van der Waals surface area contributed by atoms with Gasteiger partial charge in [-0.2, -0.15) is 11.8 Å². The number of carbonyl (C=O) groups excluding carboxylic acids is 2. The number of aliphatic hydroxyl groups is 1. The Hall–Kier alpha value is -1.01. The highest BCUT2D eigenvalue weighted by Gasteiger charge is 2.30. The Morgan fingerprint density at radius 1 is 1.13 bits per heavy atom. The normalized spacial score (nSPS) is 17.1. The Balaban J connectivity index is 2.50. The van der Waals surface area contributed by atoms with E-state index in [0.717, 1.165) is 82.3 Å². The van der Waals surface area contributed by atoms with Gasteiger partial charge in [-0.05, 0) is 38.4 Å². The molecule has 1 atom stereocenters. The van der Waals surface area contributed by atoms with Crippen molar-refractivity contribution in [2.45, 2.75) is 109 Å². The molecule has 0 saturated carbocycles. The fourth-order valence-corrected chi connectivity index (χ4v) is 4.89. The van der Waals surface area contributed by atoms with Crippen LogP contribution >= 0.6 is 11.8 Å². The van der Waals surface area contributed by atoms with Crippen LogP contribution in [0.15, 0.2) is 12.2 Å². The molecule has 1 rings (SSSR count). The predicted molar refractivity (Wildman–Crippen MR) is 130 cm³/mol. The third kappa shape index (κ3) is 12.0. The van der Waals surface area contributed by atoms with Crippen molar-refractivity contribution in [1.29, 1.82) is 0 Å². The third-order valence-electron chi connectivity index (χ3n) is 5.88. The van der Waals surface area contributed by atoms with E-state index in [1.54, 1.807) is 11.8 Å². The van der Waals surface area contributed by atoms with E-state index in [4.69, 9.17) is 4.74 Å². The summed E-state index contributed by atoms with van der Waals surface area (Å²) in [6.45, 7) is 7.35. The number of carbonyl (C=O) groups is 2. The number of hydrogen-bond acceptors (Lipinski definition) is 5. The van der Waals surface area contributed by atoms with Gasteiger partial charge in [-0.15, -0.1) is 0 Å². The van der Waals surface area contributed by atoms with Crippen LogP contribution in [0, 0.1) is 0 Å². The lowest BCUT2D eigenvalue weighted by Gasteiger charge is -2.27. The van der Waals surface area contributed by atoms with E-state index in [9.17, 15) is 14.7 Å². The predicted octanol–water partition coefficient (Wildman–Crippen LogP) is 5.50. The molecule has 1 aliphatic rings. The van der Waals surface area contributed by atoms with Gasteiger partial charge in [-0.25, -0.2) is 0 Å². The smallest absolute Gasteiger partial charge is 0.305 e. The topological polar surface area (TPSA) is 66.8 Å². The Labute approximate surface area is 194 Å². The summed E-state index contributed by atoms with van der Waals surface area (Å²) in [6.07, 6.45) is 15.1. The highest BCUT2D eigenvalue weighted by atomic mass is 32.2. The Bertz CT molecular complexity index is 528. The molecule has 0 aliphatic carbocycles. The number of rotatable bonds is 18. The highest BCUT2D eigenvalue weighted by molar-refractivity contribution is 7.99. The number of thioether (sulfide) groups is 1. The van der Waals surface area contributed by atoms with Gasteiger partial charge in [-0.3, -0.25) is 9.59 Å². The van der Waals surface area contributed by atoms with Gasteiger partial charge in [0.1, 0.15) is 0 Å². The second-order valence-electron chi connectivity index (χ2n) is 8.59. The summed E-state index contributed by atoms with van der Waals surface area (Å²) in [7, 11) is 0. The fraction of sp³-hybridized carbons (Fsp3) is 0.840. The maximum atomic E-state index is 12.4. The molecule has 5 nitrogen and oxygen atoms in total. The second kappa shape index (κ2) is 16.6. The number of unbranched alkanes of at least 4 members (excludes halogenated alkanes) is 4. The molecule has 1 fully saturated rings. The van der Waals surface area contributed by atoms with Crippen LogP contribution in [-0.4, -0.2) is 58.2 Å². The van der Waals surface area contributed by atoms with Crippen LogP contribution in [0.3, 0.4) is 0 Å². The van der Waals surface area contributed by atoms with Crippen LogP contribution in [0.1, 0.15) is 97.8 Å². The SMILES string of the molecule is CCCCCC(O)(C=C[C@H]1CCC(=O)N1CCSCCCC(=O)OCC)CCCCC. The van der Waals surface area contributed by atoms with Gasteiger partial charge in [0.25, 0.3) is 0 Å². The average molecular weight is 456 g/mol. The molecule has 0 bridgehead atoms. The van der Waals surface area contributed by atoms with Gasteiger partial charge < -0.3 is 14.7 Å². The Kier molecular flexibility index (Phi) is 15.0. The van der Waals surface area contributed by atoms with Gasteiger partial charge in [0.2, 0.25) is 5.91 Å². The summed E-state index contributed by atoms with van der Waals surface area (Å²) in [5.41, 5.74) is -0.747. The van der Waals surface area contributed by atoms with E-state index in [1.807, 2.05) is 17.9 Å². The van der Waals surface area contributed by atoms with Crippen LogP contribution in [0.5, 0.6) is 0 Å². The minimum atomic E-state index is -0.747. The maximum Gasteiger partial charge on any atom is 0.305 e. The van der Waals surface area contributed by atoms with Crippen LogP contribution < -0.4 is 0 Å². The van der Waals surface area contributed by atoms with Crippen molar-refractivity contribution in [2.75, 3.05) is 24.7 Å². The Morgan fingerprint density at radius 2 is 1.81 bits per heavy atom. The van der Waals surface area contributed by atoms with Gasteiger partial charge in [0, 0.05) is 25.1 Å². The summed E-state index contributed by atoms with van der Waals surface area (Å²) >= 11 is 1.78. The van der Waals surface area contributed by atoms with Crippen LogP contribution in [0.4, 0.5) is 0 Å². The number of amides is 1. The lowest BCUT2D eigenvalue weighted by molar-refractivity contribution is -0.143. The summed E-state index contributed by atoms with van der Waals surface area (Å²) in [6, 6.07) is 0.0940. The summed E-state index contributed by atoms with van der Waals surface area (Å²) in [4.78, 5) is 25.7. The molecule has 1 aliphatic heterocycles. The molecule has 1 saturated heterocycles. The van der Waals surface area contributed by atoms with Crippen LogP contribution in [-0.2, 0) is 14.3 Å². The molecule has 31 heavy (non-hydrogen) atoms. The van der Waals surface area contributed by atoms with Crippen molar-refractivity contribution in [2.24, 2.45) is 0 Å². The summed E-state index contributed by atoms with van der Waals surface area (Å²) in [5, 5.41) is 11.2. The minimum absolute atomic E-state index is 0.0940. The number of likely N-dealkylation sites (tertiary alicyclic amines) is 1. The van der Waals surface area contributed by atoms with Crippen molar-refractivity contribution in [3.05, 3.63) is 12.2 Å². The molecule has 0 unspecified atom stereocenters. The number of ether oxygens (including phenoxy) is 1. The van der Waals surface area contributed by atoms with Crippen molar-refractivity contribution in [3.8, 4) is 0 Å². The van der Waals surface area contributed by atoms with Gasteiger partial charge in [0.05, 0.1) is 18.2 Å². The first-order valence-corrected chi connectivity index (χ1v) is 13.6. The van der Waals surface area contributed by atoms with Gasteiger partial charge >= 0.3 is 5.97 Å². The zero-order valence-electron chi connectivity index (χ0n) is 20.1. The first kappa shape index (κ1) is 28.0. The van der Waals surface area contributed by atoms with E-state index in [0.29, 0.717) is 19.4 Å². The lowest BCUT2D eigenvalue weighted by atomic mass is 9.89. The third-order valence-corrected chi connectivity index (χ3v) is 6.93. The molecule has 1 amide bonds. The van der Waals surface area contributed by atoms with Crippen molar-refractivity contribution in [3.63, 3.8) is 0 Å². The van der Waals surface area contributed by atoms with Crippen molar-refractivity contribution in [1.82, 2.24) is 4.90 Å². The van der Waals surface area contributed by atoms with E-state index >= 15 is 0 Å². The van der Waals surface area contributed by atoms with E-state index < -0.39 is 5.60 Å². The molecule has 0 aromatic rings. The second-order valence-corrected chi connectivity index (χ2v) is 9.82. The molecule has 1 heterocycles. The largest absolute Gasteiger partial charge is 0.466 e.